The van der Waals surface area contributed by atoms with Crippen LogP contribution < -0.4 is 0 Å². The molecule has 0 aliphatic carbocycles. The van der Waals surface area contributed by atoms with Crippen molar-refractivity contribution in [2.75, 3.05) is 0 Å². The third kappa shape index (κ3) is 4.09. The monoisotopic (exact) mass is 436 g/mol. The van der Waals surface area contributed by atoms with Gasteiger partial charge in [-0.2, -0.15) is 17.6 Å². The largest absolute Gasteiger partial charge is 0.453 e. The van der Waals surface area contributed by atoms with Crippen molar-refractivity contribution in [3.05, 3.63) is 11.8 Å². The van der Waals surface area contributed by atoms with Crippen LogP contribution in [0.15, 0.2) is 4.42 Å². The minimum Gasteiger partial charge on any atom is -0.418 e. The maximum atomic E-state index is 13.0. The van der Waals surface area contributed by atoms with Crippen LogP contribution in [0.4, 0.5) is 56.4 Å². The molecule has 0 spiro atoms. The normalized spacial score (nSPS) is 20.8. The summed E-state index contributed by atoms with van der Waals surface area (Å²) in [6.45, 7) is 0. The van der Waals surface area contributed by atoms with Crippen LogP contribution in [0.5, 0.6) is 0 Å². The number of alkyl halides is 4. The highest BCUT2D eigenvalue weighted by atomic mass is 32.5. The van der Waals surface area contributed by atoms with Crippen molar-refractivity contribution in [2.24, 2.45) is 0 Å². The molecule has 0 N–H and O–H groups in total. The number of halogens is 14. The predicted molar refractivity (Wildman–Crippen MR) is 53.1 cm³/mol. The molecule has 24 heavy (non-hydrogen) atoms. The van der Waals surface area contributed by atoms with Crippen molar-refractivity contribution in [1.29, 1.82) is 0 Å². The summed E-state index contributed by atoms with van der Waals surface area (Å²) in [4.78, 5) is 0. The molecular formula is C5H2F14N2OS2. The summed E-state index contributed by atoms with van der Waals surface area (Å²) in [6.07, 6.45) is 0. The lowest BCUT2D eigenvalue weighted by Crippen LogP contribution is -2.47. The van der Waals surface area contributed by atoms with Crippen LogP contribution in [0, 0.1) is 0 Å². The topological polar surface area (TPSA) is 38.9 Å². The van der Waals surface area contributed by atoms with Gasteiger partial charge in [-0.25, -0.2) is 0 Å². The predicted octanol–water partition coefficient (Wildman–Crippen LogP) is 6.85. The Morgan fingerprint density at radius 1 is 0.750 bits per heavy atom. The zero-order chi connectivity index (χ0) is 19.8. The fourth-order valence-electron chi connectivity index (χ4n) is 1.04. The van der Waals surface area contributed by atoms with Gasteiger partial charge in [0, 0.05) is 0 Å². The highest BCUT2D eigenvalue weighted by Crippen LogP contribution is 3.06. The summed E-state index contributed by atoms with van der Waals surface area (Å²) < 4.78 is 174. The number of aromatic nitrogens is 2. The zero-order valence-corrected chi connectivity index (χ0v) is 11.8. The molecule has 0 saturated carbocycles. The smallest absolute Gasteiger partial charge is 0.418 e. The van der Waals surface area contributed by atoms with Crippen LogP contribution >= 0.6 is 20.4 Å². The van der Waals surface area contributed by atoms with Gasteiger partial charge in [0.25, 0.3) is 16.1 Å². The van der Waals surface area contributed by atoms with Crippen LogP contribution in [-0.4, -0.2) is 15.5 Å². The van der Waals surface area contributed by atoms with Gasteiger partial charge >= 0.3 is 21.4 Å². The van der Waals surface area contributed by atoms with Gasteiger partial charge in [0.15, 0.2) is 5.75 Å². The summed E-state index contributed by atoms with van der Waals surface area (Å²) in [5, 5.41) is -4.72. The van der Waals surface area contributed by atoms with Gasteiger partial charge in [-0.3, -0.25) is 0 Å². The van der Waals surface area contributed by atoms with Gasteiger partial charge in [0.2, 0.25) is 5.89 Å². The molecule has 0 saturated heterocycles. The van der Waals surface area contributed by atoms with E-state index in [2.05, 4.69) is 4.42 Å². The molecule has 1 aromatic heterocycles. The fourth-order valence-corrected chi connectivity index (χ4v) is 2.19. The molecule has 0 bridgehead atoms. The van der Waals surface area contributed by atoms with E-state index < -0.39 is 49.2 Å². The Morgan fingerprint density at radius 2 is 1.17 bits per heavy atom. The fraction of sp³-hybridized carbons (Fsp3) is 0.600. The van der Waals surface area contributed by atoms with E-state index >= 15 is 0 Å². The van der Waals surface area contributed by atoms with Crippen molar-refractivity contribution >= 4 is 20.4 Å². The quantitative estimate of drug-likeness (QED) is 0.474. The Bertz CT molecular complexity index is 670. The van der Waals surface area contributed by atoms with Gasteiger partial charge < -0.3 is 4.42 Å². The molecule has 0 aliphatic heterocycles. The van der Waals surface area contributed by atoms with Crippen molar-refractivity contribution < 1.29 is 60.8 Å². The van der Waals surface area contributed by atoms with Crippen LogP contribution in [-0.2, 0) is 11.7 Å². The molecule has 3 nitrogen and oxygen atoms in total. The second-order valence-corrected chi connectivity index (χ2v) is 9.33. The van der Waals surface area contributed by atoms with Gasteiger partial charge in [-0.1, -0.05) is 38.9 Å². The minimum absolute atomic E-state index is 1.60. The third-order valence-electron chi connectivity index (χ3n) is 1.98. The standard InChI is InChI=1S/C5H2F14N2OS2/c6-4(7,5(8,9)24(15,16,17,18)19)3-21-20-2(22-3)1-23(10,11,12,13)14/h1H2. The van der Waals surface area contributed by atoms with Crippen molar-refractivity contribution in [1.82, 2.24) is 10.2 Å². The molecule has 0 fully saturated rings. The first-order chi connectivity index (χ1) is 9.66. The number of hydrogen-bond donors (Lipinski definition) is 0. The van der Waals surface area contributed by atoms with Gasteiger partial charge in [-0.15, -0.1) is 10.2 Å². The molecule has 0 amide bonds. The minimum atomic E-state index is -12.3. The molecule has 0 aliphatic rings. The average molecular weight is 436 g/mol. The number of hydrogen-bond acceptors (Lipinski definition) is 3. The lowest BCUT2D eigenvalue weighted by Gasteiger charge is -2.47. The highest BCUT2D eigenvalue weighted by molar-refractivity contribution is 8.46. The van der Waals surface area contributed by atoms with E-state index in [4.69, 9.17) is 0 Å². The van der Waals surface area contributed by atoms with E-state index in [0.29, 0.717) is 0 Å². The number of nitrogens with zero attached hydrogens (tertiary/aromatic N) is 2. The third-order valence-corrected chi connectivity index (χ3v) is 4.00. The second-order valence-electron chi connectivity index (χ2n) is 4.33. The van der Waals surface area contributed by atoms with Gasteiger partial charge in [-0.05, 0) is 0 Å². The SMILES string of the molecule is FC(F)(c1nnc(CS(F)(F)(F)(F)F)o1)C(F)(F)S(F)(F)(F)(F)F. The summed E-state index contributed by atoms with van der Waals surface area (Å²) in [5.74, 6) is -16.4. The van der Waals surface area contributed by atoms with E-state index in [1.165, 1.54) is 0 Å². The van der Waals surface area contributed by atoms with Gasteiger partial charge in [0.05, 0.1) is 0 Å². The van der Waals surface area contributed by atoms with E-state index in [9.17, 15) is 56.4 Å². The Balaban J connectivity index is 3.40. The van der Waals surface area contributed by atoms with Crippen LogP contribution in [0.2, 0.25) is 0 Å². The molecule has 0 radical (unpaired) electrons. The summed E-state index contributed by atoms with van der Waals surface area (Å²) >= 11 is 0. The molecule has 148 valence electrons. The van der Waals surface area contributed by atoms with Crippen LogP contribution in [0.3, 0.4) is 0 Å². The zero-order valence-electron chi connectivity index (χ0n) is 10.1. The molecule has 1 rings (SSSR count). The second kappa shape index (κ2) is 3.68. The molecule has 0 atom stereocenters. The first kappa shape index (κ1) is 20.9. The first-order valence-corrected chi connectivity index (χ1v) is 8.77. The molecule has 19 heteroatoms. The Hall–Kier alpha value is -1.14. The van der Waals surface area contributed by atoms with Gasteiger partial charge in [0.1, 0.15) is 0 Å². The Labute approximate surface area is 121 Å². The van der Waals surface area contributed by atoms with E-state index in [1.54, 1.807) is 10.2 Å². The van der Waals surface area contributed by atoms with E-state index in [-0.39, 0.29) is 0 Å². The van der Waals surface area contributed by atoms with Crippen LogP contribution in [0.1, 0.15) is 11.8 Å². The molecular weight excluding hydrogens is 434 g/mol. The molecule has 1 aromatic rings. The molecule has 0 aromatic carbocycles. The lowest BCUT2D eigenvalue weighted by atomic mass is 10.3. The Morgan fingerprint density at radius 3 is 1.50 bits per heavy atom. The average Bonchev–Trinajstić information content (AvgIpc) is 2.56. The number of rotatable bonds is 5. The maximum Gasteiger partial charge on any atom is 0.453 e. The van der Waals surface area contributed by atoms with Crippen LogP contribution in [0.25, 0.3) is 0 Å². The summed E-state index contributed by atoms with van der Waals surface area (Å²) in [5.41, 5.74) is 0. The first-order valence-electron chi connectivity index (χ1n) is 4.70. The molecule has 1 heterocycles. The van der Waals surface area contributed by atoms with E-state index in [0.717, 1.165) is 0 Å². The van der Waals surface area contributed by atoms with E-state index in [1.807, 2.05) is 0 Å². The Kier molecular flexibility index (Phi) is 3.20. The highest BCUT2D eigenvalue weighted by Gasteiger charge is 2.92. The summed E-state index contributed by atoms with van der Waals surface area (Å²) in [6, 6.07) is 0. The maximum absolute atomic E-state index is 13.0. The molecule has 0 unspecified atom stereocenters. The van der Waals surface area contributed by atoms with Crippen molar-refractivity contribution in [3.63, 3.8) is 0 Å². The van der Waals surface area contributed by atoms with Crippen molar-refractivity contribution in [2.45, 2.75) is 16.9 Å². The summed E-state index contributed by atoms with van der Waals surface area (Å²) in [7, 11) is -22.7. The van der Waals surface area contributed by atoms with Crippen molar-refractivity contribution in [3.8, 4) is 0 Å². The lowest BCUT2D eigenvalue weighted by molar-refractivity contribution is -0.194.